The minimum absolute atomic E-state index is 0.241. The first-order valence-corrected chi connectivity index (χ1v) is 15.2. The Hall–Kier alpha value is -1.66. The molecule has 0 heterocycles. The van der Waals surface area contributed by atoms with Crippen LogP contribution in [-0.2, 0) is 61.6 Å². The second kappa shape index (κ2) is 32.7. The number of alkyl carbamates (subject to hydrolysis) is 1. The Morgan fingerprint density at radius 1 is 0.455 bits per heavy atom. The third-order valence-electron chi connectivity index (χ3n) is 4.94. The van der Waals surface area contributed by atoms with Gasteiger partial charge in [0.1, 0.15) is 5.60 Å². The molecule has 15 nitrogen and oxygen atoms in total. The van der Waals surface area contributed by atoms with E-state index in [2.05, 4.69) is 10.1 Å². The molecule has 1 amide bonds. The molecule has 0 saturated carbocycles. The molecule has 0 fully saturated rings. The summed E-state index contributed by atoms with van der Waals surface area (Å²) in [7, 11) is 1.35. The maximum Gasteiger partial charge on any atom is 0.407 e. The predicted molar refractivity (Wildman–Crippen MR) is 159 cm³/mol. The Labute approximate surface area is 262 Å². The van der Waals surface area contributed by atoms with Crippen LogP contribution in [0.4, 0.5) is 4.79 Å². The van der Waals surface area contributed by atoms with Crippen LogP contribution in [0.1, 0.15) is 27.2 Å². The maximum atomic E-state index is 11.5. The highest BCUT2D eigenvalue weighted by Gasteiger charge is 2.15. The SMILES string of the molecule is COC(=O)CCOCCOCCOCCOCCOCCOCCOCCOCCOCCOCCNC(=O)OC(C)(C)C. The Balaban J connectivity index is 3.11. The third-order valence-corrected chi connectivity index (χ3v) is 4.94. The van der Waals surface area contributed by atoms with Gasteiger partial charge in [0.25, 0.3) is 0 Å². The van der Waals surface area contributed by atoms with E-state index in [0.29, 0.717) is 139 Å². The second-order valence-corrected chi connectivity index (χ2v) is 9.88. The van der Waals surface area contributed by atoms with E-state index in [1.807, 2.05) is 20.8 Å². The molecule has 15 heteroatoms. The quantitative estimate of drug-likeness (QED) is 0.0805. The van der Waals surface area contributed by atoms with Crippen molar-refractivity contribution in [3.05, 3.63) is 0 Å². The van der Waals surface area contributed by atoms with E-state index >= 15 is 0 Å². The summed E-state index contributed by atoms with van der Waals surface area (Å²) < 4.78 is 63.7. The van der Waals surface area contributed by atoms with E-state index in [1.165, 1.54) is 7.11 Å². The highest BCUT2D eigenvalue weighted by atomic mass is 16.6. The number of hydrogen-bond donors (Lipinski definition) is 1. The number of ether oxygens (including phenoxy) is 12. The first-order chi connectivity index (χ1) is 21.3. The van der Waals surface area contributed by atoms with E-state index in [0.717, 1.165) is 0 Å². The van der Waals surface area contributed by atoms with Crippen LogP contribution >= 0.6 is 0 Å². The molecule has 1 N–H and O–H groups in total. The molecular weight excluding hydrogens is 586 g/mol. The van der Waals surface area contributed by atoms with Gasteiger partial charge in [0.15, 0.2) is 0 Å². The minimum Gasteiger partial charge on any atom is -0.469 e. The molecule has 0 bridgehead atoms. The lowest BCUT2D eigenvalue weighted by Crippen LogP contribution is -2.34. The number of nitrogens with one attached hydrogen (secondary N) is 1. The molecule has 0 aromatic rings. The zero-order valence-corrected chi connectivity index (χ0v) is 27.3. The van der Waals surface area contributed by atoms with Gasteiger partial charge in [-0.05, 0) is 20.8 Å². The van der Waals surface area contributed by atoms with Gasteiger partial charge in [0.05, 0.1) is 146 Å². The lowest BCUT2D eigenvalue weighted by atomic mass is 10.2. The molecule has 0 aromatic heterocycles. The molecule has 262 valence electrons. The van der Waals surface area contributed by atoms with Crippen molar-refractivity contribution in [2.45, 2.75) is 32.8 Å². The fraction of sp³-hybridized carbons (Fsp3) is 0.931. The van der Waals surface area contributed by atoms with Crippen molar-refractivity contribution >= 4 is 12.1 Å². The monoisotopic (exact) mass is 643 g/mol. The molecule has 0 rings (SSSR count). The van der Waals surface area contributed by atoms with Crippen molar-refractivity contribution in [3.63, 3.8) is 0 Å². The summed E-state index contributed by atoms with van der Waals surface area (Å²) in [6, 6.07) is 0. The fourth-order valence-electron chi connectivity index (χ4n) is 2.88. The molecule has 0 aliphatic rings. The van der Waals surface area contributed by atoms with Gasteiger partial charge < -0.3 is 62.2 Å². The Morgan fingerprint density at radius 3 is 1.00 bits per heavy atom. The molecule has 0 aromatic carbocycles. The average molecular weight is 644 g/mol. The summed E-state index contributed by atoms with van der Waals surface area (Å²) in [4.78, 5) is 22.4. The number of rotatable bonds is 33. The van der Waals surface area contributed by atoms with E-state index in [-0.39, 0.29) is 12.4 Å². The number of esters is 1. The topological polar surface area (TPSA) is 157 Å². The zero-order valence-electron chi connectivity index (χ0n) is 27.3. The largest absolute Gasteiger partial charge is 0.469 e. The summed E-state index contributed by atoms with van der Waals surface area (Å²) in [5.41, 5.74) is -0.513. The highest BCUT2D eigenvalue weighted by Crippen LogP contribution is 2.06. The summed E-state index contributed by atoms with van der Waals surface area (Å²) in [6.45, 7) is 15.0. The third kappa shape index (κ3) is 36.5. The number of hydrogen-bond acceptors (Lipinski definition) is 14. The molecule has 0 atom stereocenters. The van der Waals surface area contributed by atoms with Gasteiger partial charge in [0.2, 0.25) is 0 Å². The van der Waals surface area contributed by atoms with Gasteiger partial charge in [-0.25, -0.2) is 4.79 Å². The predicted octanol–water partition coefficient (Wildman–Crippen LogP) is 1.24. The van der Waals surface area contributed by atoms with E-state index < -0.39 is 11.7 Å². The van der Waals surface area contributed by atoms with Gasteiger partial charge in [-0.15, -0.1) is 0 Å². The summed E-state index contributed by atoms with van der Waals surface area (Å²) in [6.07, 6.45) is -0.214. The molecule has 0 radical (unpaired) electrons. The zero-order chi connectivity index (χ0) is 32.4. The molecule has 0 unspecified atom stereocenters. The van der Waals surface area contributed by atoms with Crippen LogP contribution in [0.2, 0.25) is 0 Å². The maximum absolute atomic E-state index is 11.5. The van der Waals surface area contributed by atoms with Crippen LogP contribution < -0.4 is 5.32 Å². The lowest BCUT2D eigenvalue weighted by Gasteiger charge is -2.19. The van der Waals surface area contributed by atoms with Crippen molar-refractivity contribution in [3.8, 4) is 0 Å². The highest BCUT2D eigenvalue weighted by molar-refractivity contribution is 5.69. The summed E-state index contributed by atoms with van der Waals surface area (Å²) >= 11 is 0. The Bertz CT molecular complexity index is 636. The van der Waals surface area contributed by atoms with Crippen molar-refractivity contribution in [1.82, 2.24) is 5.32 Å². The van der Waals surface area contributed by atoms with Crippen LogP contribution in [-0.4, -0.2) is 163 Å². The van der Waals surface area contributed by atoms with Crippen LogP contribution in [0.25, 0.3) is 0 Å². The number of amides is 1. The first kappa shape index (κ1) is 42.3. The number of carbonyl (C=O) groups excluding carboxylic acids is 2. The van der Waals surface area contributed by atoms with E-state index in [1.54, 1.807) is 0 Å². The summed E-state index contributed by atoms with van der Waals surface area (Å²) in [5, 5.41) is 2.62. The first-order valence-electron chi connectivity index (χ1n) is 15.2. The Kier molecular flexibility index (Phi) is 31.5. The molecule has 0 spiro atoms. The molecule has 44 heavy (non-hydrogen) atoms. The van der Waals surface area contributed by atoms with Crippen molar-refractivity contribution in [2.24, 2.45) is 0 Å². The second-order valence-electron chi connectivity index (χ2n) is 9.88. The van der Waals surface area contributed by atoms with Crippen LogP contribution in [0, 0.1) is 0 Å². The van der Waals surface area contributed by atoms with Crippen molar-refractivity contribution in [1.29, 1.82) is 0 Å². The summed E-state index contributed by atoms with van der Waals surface area (Å²) in [5.74, 6) is -0.289. The lowest BCUT2D eigenvalue weighted by molar-refractivity contribution is -0.141. The molecule has 0 aliphatic heterocycles. The van der Waals surface area contributed by atoms with Gasteiger partial charge in [0, 0.05) is 6.54 Å². The normalized spacial score (nSPS) is 11.5. The van der Waals surface area contributed by atoms with Crippen molar-refractivity contribution < 1.29 is 66.4 Å². The molecular formula is C29H57NO14. The number of methoxy groups -OCH3 is 1. The van der Waals surface area contributed by atoms with Crippen molar-refractivity contribution in [2.75, 3.05) is 146 Å². The standard InChI is InChI=1S/C29H57NO14/c1-29(2,3)44-28(32)30-6-8-35-10-12-37-14-16-39-18-20-41-22-24-43-26-25-42-23-21-40-19-17-38-15-13-36-11-9-34-7-5-27(31)33-4/h5-26H2,1-4H3,(H,30,32). The number of carbonyl (C=O) groups is 2. The van der Waals surface area contributed by atoms with Gasteiger partial charge >= 0.3 is 12.1 Å². The fourth-order valence-corrected chi connectivity index (χ4v) is 2.88. The molecule has 0 saturated heterocycles. The smallest absolute Gasteiger partial charge is 0.407 e. The van der Waals surface area contributed by atoms with E-state index in [4.69, 9.17) is 52.1 Å². The van der Waals surface area contributed by atoms with Gasteiger partial charge in [-0.2, -0.15) is 0 Å². The Morgan fingerprint density at radius 2 is 0.727 bits per heavy atom. The molecule has 0 aliphatic carbocycles. The van der Waals surface area contributed by atoms with E-state index in [9.17, 15) is 9.59 Å². The van der Waals surface area contributed by atoms with Crippen LogP contribution in [0.3, 0.4) is 0 Å². The van der Waals surface area contributed by atoms with Crippen LogP contribution in [0.15, 0.2) is 0 Å². The van der Waals surface area contributed by atoms with Gasteiger partial charge in [-0.1, -0.05) is 0 Å². The average Bonchev–Trinajstić information content (AvgIpc) is 2.98. The minimum atomic E-state index is -0.513. The van der Waals surface area contributed by atoms with Crippen LogP contribution in [0.5, 0.6) is 0 Å². The van der Waals surface area contributed by atoms with Gasteiger partial charge in [-0.3, -0.25) is 4.79 Å².